The summed E-state index contributed by atoms with van der Waals surface area (Å²) in [6.45, 7) is 2.59. The van der Waals surface area contributed by atoms with Crippen LogP contribution < -0.4 is 26.2 Å². The van der Waals surface area contributed by atoms with Gasteiger partial charge in [0.25, 0.3) is 11.5 Å². The third-order valence-corrected chi connectivity index (χ3v) is 6.46. The SMILES string of the molecule is CCCn1c(N)c(N(CCOC)C(=O)c2ccc3c(c2)CCN3S(C)(=O)=O)c(=O)[nH]c1=O. The average molecular weight is 466 g/mol. The van der Waals surface area contributed by atoms with Crippen LogP contribution in [0.2, 0.25) is 0 Å². The second-order valence-corrected chi connectivity index (χ2v) is 9.43. The Bertz CT molecular complexity index is 1250. The Hall–Kier alpha value is -3.12. The molecule has 1 amide bonds. The average Bonchev–Trinajstić information content (AvgIpc) is 3.16. The quantitative estimate of drug-likeness (QED) is 0.563. The van der Waals surface area contributed by atoms with Gasteiger partial charge in [0.2, 0.25) is 10.0 Å². The topological polar surface area (TPSA) is 148 Å². The summed E-state index contributed by atoms with van der Waals surface area (Å²) in [6.07, 6.45) is 2.20. The van der Waals surface area contributed by atoms with E-state index < -0.39 is 27.2 Å². The van der Waals surface area contributed by atoms with Gasteiger partial charge in [-0.3, -0.25) is 28.3 Å². The van der Waals surface area contributed by atoms with E-state index in [1.807, 2.05) is 6.92 Å². The molecule has 0 spiro atoms. The van der Waals surface area contributed by atoms with Crippen LogP contribution in [0.25, 0.3) is 0 Å². The minimum atomic E-state index is -3.42. The van der Waals surface area contributed by atoms with E-state index in [9.17, 15) is 22.8 Å². The molecule has 11 nitrogen and oxygen atoms in total. The van der Waals surface area contributed by atoms with Gasteiger partial charge in [-0.2, -0.15) is 0 Å². The van der Waals surface area contributed by atoms with Crippen LogP contribution in [-0.2, 0) is 27.7 Å². The van der Waals surface area contributed by atoms with Crippen LogP contribution in [0, 0.1) is 0 Å². The molecule has 3 N–H and O–H groups in total. The van der Waals surface area contributed by atoms with Gasteiger partial charge < -0.3 is 10.5 Å². The zero-order valence-corrected chi connectivity index (χ0v) is 19.1. The van der Waals surface area contributed by atoms with Gasteiger partial charge in [0.05, 0.1) is 18.6 Å². The molecule has 0 saturated carbocycles. The highest BCUT2D eigenvalue weighted by molar-refractivity contribution is 7.92. The van der Waals surface area contributed by atoms with E-state index in [0.717, 1.165) is 6.26 Å². The summed E-state index contributed by atoms with van der Waals surface area (Å²) in [4.78, 5) is 41.6. The van der Waals surface area contributed by atoms with Gasteiger partial charge in [0.15, 0.2) is 5.69 Å². The van der Waals surface area contributed by atoms with Crippen molar-refractivity contribution in [2.45, 2.75) is 26.3 Å². The maximum Gasteiger partial charge on any atom is 0.330 e. The Kier molecular flexibility index (Phi) is 6.74. The fourth-order valence-corrected chi connectivity index (χ4v) is 4.74. The Balaban J connectivity index is 2.07. The van der Waals surface area contributed by atoms with E-state index >= 15 is 0 Å². The molecule has 0 bridgehead atoms. The Labute approximate surface area is 185 Å². The van der Waals surface area contributed by atoms with Crippen LogP contribution in [-0.4, -0.2) is 56.9 Å². The smallest absolute Gasteiger partial charge is 0.330 e. The van der Waals surface area contributed by atoms with Gasteiger partial charge in [0.1, 0.15) is 5.82 Å². The summed E-state index contributed by atoms with van der Waals surface area (Å²) in [5.74, 6) is -0.615. The number of nitrogen functional groups attached to an aromatic ring is 1. The fraction of sp³-hybridized carbons (Fsp3) is 0.450. The summed E-state index contributed by atoms with van der Waals surface area (Å²) >= 11 is 0. The van der Waals surface area contributed by atoms with Crippen LogP contribution in [0.3, 0.4) is 0 Å². The van der Waals surface area contributed by atoms with Gasteiger partial charge >= 0.3 is 5.69 Å². The highest BCUT2D eigenvalue weighted by atomic mass is 32.2. The van der Waals surface area contributed by atoms with Crippen LogP contribution in [0.5, 0.6) is 0 Å². The van der Waals surface area contributed by atoms with E-state index in [1.165, 1.54) is 26.9 Å². The minimum absolute atomic E-state index is 0.0273. The number of nitrogens with one attached hydrogen (secondary N) is 1. The van der Waals surface area contributed by atoms with Crippen molar-refractivity contribution in [3.8, 4) is 0 Å². The second kappa shape index (κ2) is 9.17. The molecule has 0 unspecified atom stereocenters. The number of amides is 1. The second-order valence-electron chi connectivity index (χ2n) is 7.52. The van der Waals surface area contributed by atoms with Crippen LogP contribution in [0.1, 0.15) is 29.3 Å². The van der Waals surface area contributed by atoms with Crippen molar-refractivity contribution in [2.75, 3.05) is 48.0 Å². The van der Waals surface area contributed by atoms with Gasteiger partial charge in [-0.25, -0.2) is 13.2 Å². The number of rotatable bonds is 8. The van der Waals surface area contributed by atoms with Crippen molar-refractivity contribution in [3.05, 3.63) is 50.2 Å². The van der Waals surface area contributed by atoms with Crippen molar-refractivity contribution in [1.29, 1.82) is 0 Å². The third kappa shape index (κ3) is 4.41. The number of anilines is 3. The molecule has 1 aromatic heterocycles. The van der Waals surface area contributed by atoms with E-state index in [4.69, 9.17) is 10.5 Å². The summed E-state index contributed by atoms with van der Waals surface area (Å²) in [6, 6.07) is 4.71. The predicted octanol–water partition coefficient (Wildman–Crippen LogP) is 0.144. The number of carbonyl (C=O) groups excluding carboxylic acids is 1. The number of methoxy groups -OCH3 is 1. The van der Waals surface area contributed by atoms with Crippen LogP contribution in [0.4, 0.5) is 17.2 Å². The van der Waals surface area contributed by atoms with E-state index in [2.05, 4.69) is 4.98 Å². The molecule has 0 fully saturated rings. The number of hydrogen-bond acceptors (Lipinski definition) is 7. The van der Waals surface area contributed by atoms with Gasteiger partial charge in [-0.05, 0) is 36.6 Å². The number of aromatic nitrogens is 2. The maximum absolute atomic E-state index is 13.4. The number of ether oxygens (including phenoxy) is 1. The zero-order valence-electron chi connectivity index (χ0n) is 18.3. The Morgan fingerprint density at radius 2 is 2.03 bits per heavy atom. The molecule has 174 valence electrons. The van der Waals surface area contributed by atoms with Gasteiger partial charge in [0, 0.05) is 32.3 Å². The zero-order chi connectivity index (χ0) is 23.6. The first-order valence-electron chi connectivity index (χ1n) is 10.1. The normalized spacial score (nSPS) is 13.3. The number of nitrogens with two attached hydrogens (primary N) is 1. The lowest BCUT2D eigenvalue weighted by atomic mass is 10.1. The Morgan fingerprint density at radius 1 is 1.31 bits per heavy atom. The molecule has 12 heteroatoms. The first-order valence-corrected chi connectivity index (χ1v) is 12.0. The standard InChI is InChI=1S/C20H27N5O6S/c1-4-8-24-17(21)16(18(26)22-20(24)28)23(10-11-31-2)19(27)14-5-6-15-13(12-14)7-9-25(15)32(3,29)30/h5-6,12H,4,7-11,21H2,1-3H3,(H,22,26,28). The first-order chi connectivity index (χ1) is 15.1. The molecule has 1 aromatic carbocycles. The van der Waals surface area contributed by atoms with Crippen molar-refractivity contribution in [1.82, 2.24) is 9.55 Å². The monoisotopic (exact) mass is 465 g/mol. The largest absolute Gasteiger partial charge is 0.383 e. The predicted molar refractivity (Wildman–Crippen MR) is 122 cm³/mol. The number of benzene rings is 1. The number of aromatic amines is 1. The number of sulfonamides is 1. The summed E-state index contributed by atoms with van der Waals surface area (Å²) in [5, 5.41) is 0. The van der Waals surface area contributed by atoms with Crippen molar-refractivity contribution in [2.24, 2.45) is 0 Å². The van der Waals surface area contributed by atoms with E-state index in [1.54, 1.807) is 12.1 Å². The summed E-state index contributed by atoms with van der Waals surface area (Å²) in [7, 11) is -1.96. The molecule has 0 atom stereocenters. The number of hydrogen-bond donors (Lipinski definition) is 2. The molecule has 1 aliphatic rings. The molecule has 0 radical (unpaired) electrons. The van der Waals surface area contributed by atoms with Gasteiger partial charge in [-0.1, -0.05) is 6.92 Å². The lowest BCUT2D eigenvalue weighted by molar-refractivity contribution is 0.0975. The Morgan fingerprint density at radius 3 is 2.66 bits per heavy atom. The highest BCUT2D eigenvalue weighted by Crippen LogP contribution is 2.31. The van der Waals surface area contributed by atoms with Crippen LogP contribution in [0.15, 0.2) is 27.8 Å². The minimum Gasteiger partial charge on any atom is -0.383 e. The summed E-state index contributed by atoms with van der Waals surface area (Å²) < 4.78 is 31.6. The molecular weight excluding hydrogens is 438 g/mol. The molecule has 0 aliphatic carbocycles. The first kappa shape index (κ1) is 23.5. The molecule has 2 heterocycles. The third-order valence-electron chi connectivity index (χ3n) is 5.28. The lowest BCUT2D eigenvalue weighted by Crippen LogP contribution is -2.42. The lowest BCUT2D eigenvalue weighted by Gasteiger charge is -2.24. The van der Waals surface area contributed by atoms with E-state index in [-0.39, 0.29) is 36.8 Å². The van der Waals surface area contributed by atoms with Crippen molar-refractivity contribution >= 4 is 33.1 Å². The fourth-order valence-electron chi connectivity index (χ4n) is 3.79. The number of H-pyrrole nitrogens is 1. The molecule has 0 saturated heterocycles. The maximum atomic E-state index is 13.4. The number of fused-ring (bicyclic) bond motifs is 1. The van der Waals surface area contributed by atoms with Crippen molar-refractivity contribution < 1.29 is 17.9 Å². The van der Waals surface area contributed by atoms with Gasteiger partial charge in [-0.15, -0.1) is 0 Å². The highest BCUT2D eigenvalue weighted by Gasteiger charge is 2.29. The number of carbonyl (C=O) groups is 1. The molecular formula is C20H27N5O6S. The van der Waals surface area contributed by atoms with Crippen molar-refractivity contribution in [3.63, 3.8) is 0 Å². The van der Waals surface area contributed by atoms with Crippen LogP contribution >= 0.6 is 0 Å². The summed E-state index contributed by atoms with van der Waals surface area (Å²) in [5.41, 5.74) is 6.12. The molecule has 32 heavy (non-hydrogen) atoms. The number of nitrogens with zero attached hydrogens (tertiary/aromatic N) is 3. The molecule has 1 aliphatic heterocycles. The van der Waals surface area contributed by atoms with E-state index in [0.29, 0.717) is 30.6 Å². The molecule has 2 aromatic rings. The molecule has 3 rings (SSSR count).